The number of ether oxygens (including phenoxy) is 2. The summed E-state index contributed by atoms with van der Waals surface area (Å²) in [6, 6.07) is 8.96. The highest BCUT2D eigenvalue weighted by Gasteiger charge is 2.30. The Morgan fingerprint density at radius 2 is 1.74 bits per heavy atom. The minimum atomic E-state index is -0.231. The van der Waals surface area contributed by atoms with Crippen molar-refractivity contribution in [3.63, 3.8) is 0 Å². The SMILES string of the molecule is CCCc1cc(C2OCC(C)(C)CO2)c(CCC)cc1/C=C/c1cccs1. The van der Waals surface area contributed by atoms with Crippen molar-refractivity contribution in [1.29, 1.82) is 0 Å². The predicted molar refractivity (Wildman–Crippen MR) is 116 cm³/mol. The lowest BCUT2D eigenvalue weighted by molar-refractivity contribution is -0.226. The van der Waals surface area contributed by atoms with Crippen LogP contribution >= 0.6 is 11.3 Å². The van der Waals surface area contributed by atoms with Gasteiger partial charge in [0.05, 0.1) is 13.2 Å². The molecular weight excluding hydrogens is 352 g/mol. The highest BCUT2D eigenvalue weighted by molar-refractivity contribution is 7.10. The summed E-state index contributed by atoms with van der Waals surface area (Å²) in [5.74, 6) is 0. The third kappa shape index (κ3) is 5.31. The van der Waals surface area contributed by atoms with Gasteiger partial charge in [-0.1, -0.05) is 58.7 Å². The standard InChI is InChI=1S/C24H32O2S/c1-5-8-18-15-22(23-25-16-24(3,4)17-26-23)20(9-6-2)14-19(18)11-12-21-10-7-13-27-21/h7,10-15,23H,5-6,8-9,16-17H2,1-4H3/b12-11+. The highest BCUT2D eigenvalue weighted by atomic mass is 32.1. The number of aryl methyl sites for hydroxylation is 2. The molecule has 3 heteroatoms. The second-order valence-electron chi connectivity index (χ2n) is 8.22. The lowest BCUT2D eigenvalue weighted by Gasteiger charge is -2.35. The molecule has 1 aromatic heterocycles. The van der Waals surface area contributed by atoms with E-state index in [0.29, 0.717) is 0 Å². The molecule has 2 aromatic rings. The molecule has 2 nitrogen and oxygen atoms in total. The Balaban J connectivity index is 1.94. The van der Waals surface area contributed by atoms with Gasteiger partial charge in [-0.2, -0.15) is 0 Å². The van der Waals surface area contributed by atoms with Crippen molar-refractivity contribution in [3.8, 4) is 0 Å². The van der Waals surface area contributed by atoms with E-state index in [0.717, 1.165) is 38.9 Å². The molecule has 0 saturated carbocycles. The number of thiophene rings is 1. The summed E-state index contributed by atoms with van der Waals surface area (Å²) in [5, 5.41) is 2.12. The molecule has 1 aliphatic rings. The molecule has 2 heterocycles. The van der Waals surface area contributed by atoms with Gasteiger partial charge < -0.3 is 9.47 Å². The molecule has 3 rings (SSSR count). The van der Waals surface area contributed by atoms with Crippen molar-refractivity contribution in [2.75, 3.05) is 13.2 Å². The maximum Gasteiger partial charge on any atom is 0.184 e. The van der Waals surface area contributed by atoms with Crippen LogP contribution in [0.4, 0.5) is 0 Å². The van der Waals surface area contributed by atoms with Gasteiger partial charge in [-0.05, 0) is 53.1 Å². The summed E-state index contributed by atoms with van der Waals surface area (Å²) in [6.07, 6.45) is 8.63. The largest absolute Gasteiger partial charge is 0.348 e. The lowest BCUT2D eigenvalue weighted by Crippen LogP contribution is -2.34. The molecule has 146 valence electrons. The van der Waals surface area contributed by atoms with E-state index in [4.69, 9.17) is 9.47 Å². The lowest BCUT2D eigenvalue weighted by atomic mass is 9.91. The quantitative estimate of drug-likeness (QED) is 0.517. The summed E-state index contributed by atoms with van der Waals surface area (Å²) >= 11 is 1.77. The van der Waals surface area contributed by atoms with Crippen molar-refractivity contribution in [2.24, 2.45) is 5.41 Å². The maximum atomic E-state index is 6.12. The van der Waals surface area contributed by atoms with Gasteiger partial charge in [0.1, 0.15) is 0 Å². The van der Waals surface area contributed by atoms with E-state index in [2.05, 4.69) is 69.5 Å². The normalized spacial score (nSPS) is 17.6. The number of hydrogen-bond acceptors (Lipinski definition) is 3. The van der Waals surface area contributed by atoms with Crippen molar-refractivity contribution < 1.29 is 9.47 Å². The van der Waals surface area contributed by atoms with E-state index >= 15 is 0 Å². The van der Waals surface area contributed by atoms with Gasteiger partial charge in [-0.25, -0.2) is 0 Å². The summed E-state index contributed by atoms with van der Waals surface area (Å²) in [7, 11) is 0. The zero-order valence-corrected chi connectivity index (χ0v) is 17.9. The molecule has 1 saturated heterocycles. The molecule has 0 bridgehead atoms. The molecule has 1 aromatic carbocycles. The van der Waals surface area contributed by atoms with E-state index in [1.165, 1.54) is 27.1 Å². The molecule has 0 N–H and O–H groups in total. The van der Waals surface area contributed by atoms with Gasteiger partial charge in [-0.15, -0.1) is 11.3 Å². The highest BCUT2D eigenvalue weighted by Crippen LogP contribution is 2.35. The van der Waals surface area contributed by atoms with E-state index in [-0.39, 0.29) is 11.7 Å². The second kappa shape index (κ2) is 9.18. The van der Waals surface area contributed by atoms with Crippen LogP contribution in [0, 0.1) is 5.41 Å². The fourth-order valence-corrected chi connectivity index (χ4v) is 4.12. The molecule has 1 fully saturated rings. The number of rotatable bonds is 7. The molecule has 27 heavy (non-hydrogen) atoms. The molecule has 1 aliphatic heterocycles. The molecule has 0 spiro atoms. The third-order valence-electron chi connectivity index (χ3n) is 4.91. The monoisotopic (exact) mass is 384 g/mol. The van der Waals surface area contributed by atoms with E-state index in [9.17, 15) is 0 Å². The first-order chi connectivity index (χ1) is 13.0. The molecule has 0 unspecified atom stereocenters. The van der Waals surface area contributed by atoms with Gasteiger partial charge in [0.2, 0.25) is 0 Å². The molecular formula is C24H32O2S. The second-order valence-corrected chi connectivity index (χ2v) is 9.20. The average Bonchev–Trinajstić information content (AvgIpc) is 3.15. The summed E-state index contributed by atoms with van der Waals surface area (Å²) in [4.78, 5) is 1.29. The van der Waals surface area contributed by atoms with Crippen LogP contribution in [0.5, 0.6) is 0 Å². The minimum Gasteiger partial charge on any atom is -0.348 e. The zero-order chi connectivity index (χ0) is 19.3. The number of benzene rings is 1. The van der Waals surface area contributed by atoms with Gasteiger partial charge in [0.25, 0.3) is 0 Å². The van der Waals surface area contributed by atoms with Crippen LogP contribution < -0.4 is 0 Å². The molecule has 0 aliphatic carbocycles. The van der Waals surface area contributed by atoms with Gasteiger partial charge in [0, 0.05) is 15.9 Å². The predicted octanol–water partition coefficient (Wildman–Crippen LogP) is 6.90. The van der Waals surface area contributed by atoms with Crippen molar-refractivity contribution in [2.45, 2.75) is 59.7 Å². The maximum absolute atomic E-state index is 6.12. The Morgan fingerprint density at radius 1 is 1.04 bits per heavy atom. The van der Waals surface area contributed by atoms with Crippen LogP contribution in [0.25, 0.3) is 12.2 Å². The fraction of sp³-hybridized carbons (Fsp3) is 0.500. The van der Waals surface area contributed by atoms with Gasteiger partial charge in [-0.3, -0.25) is 0 Å². The van der Waals surface area contributed by atoms with Crippen LogP contribution in [-0.2, 0) is 22.3 Å². The van der Waals surface area contributed by atoms with Crippen LogP contribution in [0.2, 0.25) is 0 Å². The molecule has 0 radical (unpaired) electrons. The molecule has 0 atom stereocenters. The smallest absolute Gasteiger partial charge is 0.184 e. The summed E-state index contributed by atoms with van der Waals surface area (Å²) < 4.78 is 12.2. The third-order valence-corrected chi connectivity index (χ3v) is 5.75. The van der Waals surface area contributed by atoms with Crippen molar-refractivity contribution in [1.82, 2.24) is 0 Å². The number of hydrogen-bond donors (Lipinski definition) is 0. The van der Waals surface area contributed by atoms with Gasteiger partial charge in [0.15, 0.2) is 6.29 Å². The Morgan fingerprint density at radius 3 is 2.37 bits per heavy atom. The van der Waals surface area contributed by atoms with Crippen LogP contribution in [0.15, 0.2) is 29.6 Å². The topological polar surface area (TPSA) is 18.5 Å². The Kier molecular flexibility index (Phi) is 6.91. The van der Waals surface area contributed by atoms with E-state index in [1.54, 1.807) is 11.3 Å². The van der Waals surface area contributed by atoms with Crippen LogP contribution in [-0.4, -0.2) is 13.2 Å². The molecule has 0 amide bonds. The average molecular weight is 385 g/mol. The fourth-order valence-electron chi connectivity index (χ4n) is 3.50. The van der Waals surface area contributed by atoms with Crippen molar-refractivity contribution in [3.05, 3.63) is 56.8 Å². The Hall–Kier alpha value is -1.42. The first-order valence-corrected chi connectivity index (χ1v) is 11.0. The summed E-state index contributed by atoms with van der Waals surface area (Å²) in [5.41, 5.74) is 5.39. The summed E-state index contributed by atoms with van der Waals surface area (Å²) in [6.45, 7) is 10.3. The minimum absolute atomic E-state index is 0.0943. The van der Waals surface area contributed by atoms with E-state index in [1.807, 2.05) is 0 Å². The van der Waals surface area contributed by atoms with Gasteiger partial charge >= 0.3 is 0 Å². The zero-order valence-electron chi connectivity index (χ0n) is 17.1. The van der Waals surface area contributed by atoms with E-state index < -0.39 is 0 Å². The Bertz CT molecular complexity index is 749. The van der Waals surface area contributed by atoms with Crippen molar-refractivity contribution >= 4 is 23.5 Å². The first-order valence-electron chi connectivity index (χ1n) is 10.1. The first kappa shape index (κ1) is 20.3. The van der Waals surface area contributed by atoms with Crippen LogP contribution in [0.3, 0.4) is 0 Å². The Labute approximate surface area is 168 Å². The van der Waals surface area contributed by atoms with Crippen LogP contribution in [0.1, 0.15) is 74.0 Å².